The summed E-state index contributed by atoms with van der Waals surface area (Å²) in [4.78, 5) is 30.3. The lowest BCUT2D eigenvalue weighted by atomic mass is 9.46. The van der Waals surface area contributed by atoms with Gasteiger partial charge in [0.1, 0.15) is 12.7 Å². The fourth-order valence-corrected chi connectivity index (χ4v) is 6.69. The second-order valence-electron chi connectivity index (χ2n) is 10.0. The van der Waals surface area contributed by atoms with Gasteiger partial charge in [-0.1, -0.05) is 13.0 Å². The maximum Gasteiger partial charge on any atom is 0.251 e. The Hall–Kier alpha value is -2.70. The average molecular weight is 422 g/mol. The molecule has 2 N–H and O–H groups in total. The number of carbonyl (C=O) groups is 2. The Balaban J connectivity index is 1.40. The number of aromatic nitrogens is 3. The summed E-state index contributed by atoms with van der Waals surface area (Å²) >= 11 is 0. The molecule has 2 aromatic rings. The van der Waals surface area contributed by atoms with Crippen LogP contribution in [0.5, 0.6) is 0 Å². The SMILES string of the molecule is CCCNC(=O)c1ccc(C)c(NC(=O)C23CC4CC(C2)CC(n2cncn2)(C4)C3)c1. The summed E-state index contributed by atoms with van der Waals surface area (Å²) in [6.45, 7) is 4.64. The summed E-state index contributed by atoms with van der Waals surface area (Å²) in [5.41, 5.74) is 1.83. The van der Waals surface area contributed by atoms with Crippen molar-refractivity contribution < 1.29 is 9.59 Å². The molecule has 2 amide bonds. The second-order valence-corrected chi connectivity index (χ2v) is 10.0. The molecule has 2 unspecified atom stereocenters. The minimum Gasteiger partial charge on any atom is -0.352 e. The van der Waals surface area contributed by atoms with Crippen molar-refractivity contribution in [1.29, 1.82) is 0 Å². The van der Waals surface area contributed by atoms with Crippen molar-refractivity contribution in [2.75, 3.05) is 11.9 Å². The Bertz CT molecular complexity index is 985. The number of carbonyl (C=O) groups excluding carboxylic acids is 2. The van der Waals surface area contributed by atoms with Crippen molar-refractivity contribution in [3.8, 4) is 0 Å². The van der Waals surface area contributed by atoms with Crippen LogP contribution in [-0.2, 0) is 10.3 Å². The summed E-state index contributed by atoms with van der Waals surface area (Å²) in [5, 5.41) is 10.6. The third kappa shape index (κ3) is 3.44. The first-order chi connectivity index (χ1) is 14.9. The van der Waals surface area contributed by atoms with E-state index >= 15 is 0 Å². The topological polar surface area (TPSA) is 88.9 Å². The van der Waals surface area contributed by atoms with Crippen molar-refractivity contribution in [3.05, 3.63) is 42.0 Å². The van der Waals surface area contributed by atoms with E-state index in [1.807, 2.05) is 43.1 Å². The van der Waals surface area contributed by atoms with Crippen LogP contribution in [0.15, 0.2) is 30.9 Å². The maximum atomic E-state index is 13.7. The summed E-state index contributed by atoms with van der Waals surface area (Å²) < 4.78 is 2.02. The van der Waals surface area contributed by atoms with Crippen LogP contribution in [0.4, 0.5) is 5.69 Å². The molecule has 0 spiro atoms. The molecule has 4 aliphatic carbocycles. The van der Waals surface area contributed by atoms with Crippen LogP contribution in [0.3, 0.4) is 0 Å². The van der Waals surface area contributed by atoms with Crippen LogP contribution < -0.4 is 10.6 Å². The molecule has 1 heterocycles. The van der Waals surface area contributed by atoms with Crippen LogP contribution in [0, 0.1) is 24.2 Å². The number of nitrogens with zero attached hydrogens (tertiary/aromatic N) is 3. The molecule has 1 aromatic carbocycles. The van der Waals surface area contributed by atoms with Gasteiger partial charge in [-0.05, 0) is 81.4 Å². The summed E-state index contributed by atoms with van der Waals surface area (Å²) in [5.74, 6) is 1.12. The molecule has 1 aromatic heterocycles. The van der Waals surface area contributed by atoms with Gasteiger partial charge in [0.2, 0.25) is 5.91 Å². The first-order valence-corrected chi connectivity index (χ1v) is 11.5. The van der Waals surface area contributed by atoms with E-state index in [9.17, 15) is 9.59 Å². The smallest absolute Gasteiger partial charge is 0.251 e. The van der Waals surface area contributed by atoms with Crippen LogP contribution >= 0.6 is 0 Å². The summed E-state index contributed by atoms with van der Waals surface area (Å²) in [7, 11) is 0. The molecule has 4 bridgehead atoms. The van der Waals surface area contributed by atoms with E-state index in [0.717, 1.165) is 49.8 Å². The Morgan fingerprint density at radius 2 is 1.97 bits per heavy atom. The lowest BCUT2D eigenvalue weighted by molar-refractivity contribution is -0.150. The maximum absolute atomic E-state index is 13.7. The summed E-state index contributed by atoms with van der Waals surface area (Å²) in [6, 6.07) is 5.54. The summed E-state index contributed by atoms with van der Waals surface area (Å²) in [6.07, 6.45) is 10.4. The molecule has 7 heteroatoms. The fraction of sp³-hybridized carbons (Fsp3) is 0.583. The molecular weight excluding hydrogens is 390 g/mol. The van der Waals surface area contributed by atoms with Crippen molar-refractivity contribution in [2.45, 2.75) is 64.3 Å². The van der Waals surface area contributed by atoms with Gasteiger partial charge >= 0.3 is 0 Å². The molecule has 7 nitrogen and oxygen atoms in total. The van der Waals surface area contributed by atoms with Gasteiger partial charge in [0, 0.05) is 17.8 Å². The zero-order valence-corrected chi connectivity index (χ0v) is 18.4. The van der Waals surface area contributed by atoms with Crippen LogP contribution in [0.25, 0.3) is 0 Å². The predicted molar refractivity (Wildman–Crippen MR) is 118 cm³/mol. The highest BCUT2D eigenvalue weighted by Gasteiger charge is 2.61. The van der Waals surface area contributed by atoms with Crippen LogP contribution in [0.2, 0.25) is 0 Å². The fourth-order valence-electron chi connectivity index (χ4n) is 6.69. The van der Waals surface area contributed by atoms with E-state index in [2.05, 4.69) is 20.7 Å². The highest BCUT2D eigenvalue weighted by Crippen LogP contribution is 2.64. The lowest BCUT2D eigenvalue weighted by Gasteiger charge is -2.60. The largest absolute Gasteiger partial charge is 0.352 e. The van der Waals surface area contributed by atoms with Gasteiger partial charge in [0.25, 0.3) is 5.91 Å². The quantitative estimate of drug-likeness (QED) is 0.745. The normalized spacial score (nSPS) is 30.9. The van der Waals surface area contributed by atoms with Gasteiger partial charge in [0.15, 0.2) is 0 Å². The number of hydrogen-bond donors (Lipinski definition) is 2. The van der Waals surface area contributed by atoms with E-state index in [0.29, 0.717) is 23.9 Å². The van der Waals surface area contributed by atoms with Crippen molar-refractivity contribution >= 4 is 17.5 Å². The van der Waals surface area contributed by atoms with E-state index in [1.165, 1.54) is 6.42 Å². The number of hydrogen-bond acceptors (Lipinski definition) is 4. The van der Waals surface area contributed by atoms with Crippen molar-refractivity contribution in [1.82, 2.24) is 20.1 Å². The second kappa shape index (κ2) is 7.46. The number of amides is 2. The standard InChI is InChI=1S/C24H31N5O2/c1-3-6-26-21(30)19-5-4-16(2)20(8-19)28-22(31)23-9-17-7-18(10-23)12-24(11-17,13-23)29-15-25-14-27-29/h4-5,8,14-15,17-18H,3,6-7,9-13H2,1-2H3,(H,26,30)(H,28,31). The highest BCUT2D eigenvalue weighted by atomic mass is 16.2. The minimum atomic E-state index is -0.372. The van der Waals surface area contributed by atoms with Crippen LogP contribution in [-0.4, -0.2) is 33.1 Å². The molecule has 4 aliphatic rings. The number of rotatable bonds is 6. The van der Waals surface area contributed by atoms with E-state index in [4.69, 9.17) is 0 Å². The van der Waals surface area contributed by atoms with Gasteiger partial charge in [0.05, 0.1) is 11.0 Å². The van der Waals surface area contributed by atoms with Crippen molar-refractivity contribution in [2.24, 2.45) is 17.3 Å². The molecule has 0 aliphatic heterocycles. The zero-order chi connectivity index (χ0) is 21.6. The number of benzene rings is 1. The van der Waals surface area contributed by atoms with E-state index in [-0.39, 0.29) is 22.8 Å². The Morgan fingerprint density at radius 1 is 1.19 bits per heavy atom. The molecule has 0 saturated heterocycles. The Labute approximate surface area is 183 Å². The third-order valence-corrected chi connectivity index (χ3v) is 7.70. The molecule has 4 saturated carbocycles. The average Bonchev–Trinajstić information content (AvgIpc) is 3.28. The first kappa shape index (κ1) is 20.2. The predicted octanol–water partition coefficient (Wildman–Crippen LogP) is 3.66. The van der Waals surface area contributed by atoms with Gasteiger partial charge in [-0.3, -0.25) is 9.59 Å². The van der Waals surface area contributed by atoms with Gasteiger partial charge < -0.3 is 10.6 Å². The van der Waals surface area contributed by atoms with Gasteiger partial charge in [-0.15, -0.1) is 0 Å². The number of nitrogens with one attached hydrogen (secondary N) is 2. The molecular formula is C24H31N5O2. The highest BCUT2D eigenvalue weighted by molar-refractivity contribution is 5.99. The van der Waals surface area contributed by atoms with Gasteiger partial charge in [-0.25, -0.2) is 9.67 Å². The first-order valence-electron chi connectivity index (χ1n) is 11.5. The lowest BCUT2D eigenvalue weighted by Crippen LogP contribution is -2.60. The van der Waals surface area contributed by atoms with Crippen LogP contribution in [0.1, 0.15) is 67.8 Å². The van der Waals surface area contributed by atoms with E-state index < -0.39 is 0 Å². The Kier molecular flexibility index (Phi) is 4.87. The minimum absolute atomic E-state index is 0.0884. The third-order valence-electron chi connectivity index (χ3n) is 7.70. The zero-order valence-electron chi connectivity index (χ0n) is 18.4. The van der Waals surface area contributed by atoms with E-state index in [1.54, 1.807) is 6.33 Å². The molecule has 164 valence electrons. The van der Waals surface area contributed by atoms with Gasteiger partial charge in [-0.2, -0.15) is 5.10 Å². The molecule has 0 radical (unpaired) electrons. The molecule has 2 atom stereocenters. The molecule has 31 heavy (non-hydrogen) atoms. The number of aryl methyl sites for hydroxylation is 1. The number of anilines is 1. The molecule has 6 rings (SSSR count). The molecule has 4 fully saturated rings. The Morgan fingerprint density at radius 3 is 2.65 bits per heavy atom. The monoisotopic (exact) mass is 421 g/mol. The van der Waals surface area contributed by atoms with Crippen molar-refractivity contribution in [3.63, 3.8) is 0 Å².